The van der Waals surface area contributed by atoms with Gasteiger partial charge >= 0.3 is 6.09 Å². The lowest BCUT2D eigenvalue weighted by Crippen LogP contribution is -2.47. The summed E-state index contributed by atoms with van der Waals surface area (Å²) in [6.45, 7) is 14.8. The molecule has 0 aromatic heterocycles. The Labute approximate surface area is 226 Å². The van der Waals surface area contributed by atoms with Crippen LogP contribution in [0.4, 0.5) is 4.79 Å². The number of fused-ring (bicyclic) bond motifs is 1. The second-order valence-corrected chi connectivity index (χ2v) is 12.8. The van der Waals surface area contributed by atoms with E-state index in [0.717, 1.165) is 23.3 Å². The maximum absolute atomic E-state index is 13.3. The molecule has 2 rings (SSSR count). The summed E-state index contributed by atoms with van der Waals surface area (Å²) in [5.74, 6) is 0.116. The first kappa shape index (κ1) is 31.2. The van der Waals surface area contributed by atoms with E-state index in [9.17, 15) is 18.0 Å². The lowest BCUT2D eigenvalue weighted by atomic mass is 9.88. The average Bonchev–Trinajstić information content (AvgIpc) is 2.76. The molecule has 0 aliphatic carbocycles. The Balaban J connectivity index is 2.11. The number of likely N-dealkylation sites (N-methyl/N-ethyl adjacent to an activating group) is 1. The minimum atomic E-state index is -4.01. The summed E-state index contributed by atoms with van der Waals surface area (Å²) in [6.07, 6.45) is 1.40. The van der Waals surface area contributed by atoms with Gasteiger partial charge < -0.3 is 25.8 Å². The number of rotatable bonds is 8. The van der Waals surface area contributed by atoms with Crippen LogP contribution in [0.5, 0.6) is 5.75 Å². The topological polar surface area (TPSA) is 161 Å². The smallest absolute Gasteiger partial charge is 0.408 e. The predicted octanol–water partition coefficient (Wildman–Crippen LogP) is 2.73. The second-order valence-electron chi connectivity index (χ2n) is 11.2. The molecule has 2 amide bonds. The quantitative estimate of drug-likeness (QED) is 0.219. The number of nitrogens with two attached hydrogens (primary N) is 1. The van der Waals surface area contributed by atoms with Gasteiger partial charge in [0, 0.05) is 13.6 Å². The number of amides is 2. The van der Waals surface area contributed by atoms with Crippen LogP contribution in [0.1, 0.15) is 76.1 Å². The van der Waals surface area contributed by atoms with E-state index in [1.807, 2.05) is 20.8 Å². The zero-order valence-corrected chi connectivity index (χ0v) is 24.8. The van der Waals surface area contributed by atoms with Crippen molar-refractivity contribution in [2.75, 3.05) is 13.6 Å². The molecule has 1 aliphatic rings. The van der Waals surface area contributed by atoms with E-state index < -0.39 is 27.8 Å². The van der Waals surface area contributed by atoms with Crippen molar-refractivity contribution in [3.63, 3.8) is 0 Å². The summed E-state index contributed by atoms with van der Waals surface area (Å²) in [5, 5.41) is 5.05. The highest BCUT2D eigenvalue weighted by Crippen LogP contribution is 2.42. The second kappa shape index (κ2) is 11.8. The summed E-state index contributed by atoms with van der Waals surface area (Å²) in [4.78, 5) is 28.5. The molecule has 1 aromatic rings. The van der Waals surface area contributed by atoms with Crippen molar-refractivity contribution < 1.29 is 27.5 Å². The number of hydrogen-bond donors (Lipinski definition) is 4. The molecule has 0 bridgehead atoms. The molecule has 1 unspecified atom stereocenters. The number of aliphatic imine (C=N–C) groups is 1. The molecule has 0 saturated carbocycles. The number of carbonyl (C=O) groups excluding carboxylic acids is 2. The molecular weight excluding hydrogens is 510 g/mol. The highest BCUT2D eigenvalue weighted by atomic mass is 32.2. The van der Waals surface area contributed by atoms with E-state index in [-0.39, 0.29) is 35.3 Å². The number of hydrogen-bond acceptors (Lipinski definition) is 7. The zero-order chi connectivity index (χ0) is 29.1. The van der Waals surface area contributed by atoms with Crippen LogP contribution in [0.2, 0.25) is 0 Å². The standard InChI is InChI=1S/C26H43N5O6S/c1-15-16(2)21(17(3)18-12-13-26(7,8)36-20(15)18)38(34,35)31-23(27)29-14-10-11-19(22(32)28-9)30-24(33)37-25(4,5)6/h19H,10-14H2,1-9H3,(H,28,32)(H,30,33)(H3,27,29,31). The van der Waals surface area contributed by atoms with Gasteiger partial charge in [0.05, 0.1) is 4.90 Å². The van der Waals surface area contributed by atoms with Crippen molar-refractivity contribution in [3.8, 4) is 5.75 Å². The van der Waals surface area contributed by atoms with Crippen LogP contribution in [-0.4, -0.2) is 57.2 Å². The van der Waals surface area contributed by atoms with Gasteiger partial charge in [-0.15, -0.1) is 0 Å². The molecule has 1 aliphatic heterocycles. The first-order chi connectivity index (χ1) is 17.4. The van der Waals surface area contributed by atoms with E-state index in [2.05, 4.69) is 20.3 Å². The van der Waals surface area contributed by atoms with Crippen molar-refractivity contribution in [1.82, 2.24) is 15.4 Å². The molecule has 12 heteroatoms. The Morgan fingerprint density at radius 1 is 1.16 bits per heavy atom. The molecule has 0 spiro atoms. The molecule has 1 aromatic carbocycles. The van der Waals surface area contributed by atoms with Gasteiger partial charge in [-0.25, -0.2) is 17.9 Å². The van der Waals surface area contributed by atoms with Gasteiger partial charge in [-0.3, -0.25) is 9.79 Å². The first-order valence-electron chi connectivity index (χ1n) is 12.7. The molecule has 38 heavy (non-hydrogen) atoms. The van der Waals surface area contributed by atoms with Crippen LogP contribution >= 0.6 is 0 Å². The molecule has 1 heterocycles. The van der Waals surface area contributed by atoms with Gasteiger partial charge in [0.25, 0.3) is 10.0 Å². The minimum Gasteiger partial charge on any atom is -0.487 e. The molecule has 1 atom stereocenters. The van der Waals surface area contributed by atoms with Crippen LogP contribution in [0.15, 0.2) is 9.89 Å². The number of benzene rings is 1. The Bertz CT molecular complexity index is 1200. The minimum absolute atomic E-state index is 0.141. The number of guanidine groups is 1. The third-order valence-corrected chi connectivity index (χ3v) is 7.99. The van der Waals surface area contributed by atoms with E-state index in [0.29, 0.717) is 24.0 Å². The number of alkyl carbamates (subject to hydrolysis) is 1. The Kier molecular flexibility index (Phi) is 9.68. The molecule has 0 radical (unpaired) electrons. The Hall–Kier alpha value is -3.02. The maximum Gasteiger partial charge on any atom is 0.408 e. The number of sulfonamides is 1. The van der Waals surface area contributed by atoms with Crippen LogP contribution in [0, 0.1) is 20.8 Å². The molecule has 11 nitrogen and oxygen atoms in total. The van der Waals surface area contributed by atoms with Gasteiger partial charge in [0.15, 0.2) is 0 Å². The molecule has 214 valence electrons. The summed E-state index contributed by atoms with van der Waals surface area (Å²) >= 11 is 0. The number of ether oxygens (including phenoxy) is 2. The molecule has 0 saturated heterocycles. The van der Waals surface area contributed by atoms with Crippen molar-refractivity contribution in [2.45, 2.75) is 103 Å². The summed E-state index contributed by atoms with van der Waals surface area (Å²) in [7, 11) is -2.54. The van der Waals surface area contributed by atoms with E-state index in [1.54, 1.807) is 34.6 Å². The van der Waals surface area contributed by atoms with E-state index in [4.69, 9.17) is 15.2 Å². The number of nitrogens with zero attached hydrogens (tertiary/aromatic N) is 1. The van der Waals surface area contributed by atoms with Crippen molar-refractivity contribution >= 4 is 28.0 Å². The number of carbonyl (C=O) groups is 2. The highest BCUT2D eigenvalue weighted by molar-refractivity contribution is 7.90. The normalized spacial score (nSPS) is 16.1. The van der Waals surface area contributed by atoms with Crippen molar-refractivity contribution in [3.05, 3.63) is 22.3 Å². The van der Waals surface area contributed by atoms with Crippen LogP contribution < -0.4 is 25.8 Å². The third-order valence-electron chi connectivity index (χ3n) is 6.36. The SMILES string of the molecule is CNC(=O)C(CCCN=C(N)NS(=O)(=O)c1c(C)c(C)c2c(c1C)CCC(C)(C)O2)NC(=O)OC(C)(C)C. The summed E-state index contributed by atoms with van der Waals surface area (Å²) < 4.78 is 40.4. The van der Waals surface area contributed by atoms with Gasteiger partial charge in [-0.1, -0.05) is 0 Å². The van der Waals surface area contributed by atoms with Gasteiger partial charge in [0.2, 0.25) is 11.9 Å². The van der Waals surface area contributed by atoms with Gasteiger partial charge in [-0.05, 0) is 103 Å². The Morgan fingerprint density at radius 2 is 1.79 bits per heavy atom. The largest absolute Gasteiger partial charge is 0.487 e. The molecule has 0 fully saturated rings. The monoisotopic (exact) mass is 553 g/mol. The summed E-state index contributed by atoms with van der Waals surface area (Å²) in [6, 6.07) is -0.834. The zero-order valence-electron chi connectivity index (χ0n) is 24.0. The van der Waals surface area contributed by atoms with Crippen LogP contribution in [-0.2, 0) is 26.0 Å². The van der Waals surface area contributed by atoms with Crippen LogP contribution in [0.3, 0.4) is 0 Å². The summed E-state index contributed by atoms with van der Waals surface area (Å²) in [5.41, 5.74) is 7.82. The fourth-order valence-electron chi connectivity index (χ4n) is 4.36. The van der Waals surface area contributed by atoms with E-state index >= 15 is 0 Å². The lowest BCUT2D eigenvalue weighted by molar-refractivity contribution is -0.122. The first-order valence-corrected chi connectivity index (χ1v) is 14.2. The Morgan fingerprint density at radius 3 is 2.37 bits per heavy atom. The van der Waals surface area contributed by atoms with Gasteiger partial charge in [0.1, 0.15) is 23.0 Å². The predicted molar refractivity (Wildman–Crippen MR) is 147 cm³/mol. The van der Waals surface area contributed by atoms with Gasteiger partial charge in [-0.2, -0.15) is 0 Å². The highest BCUT2D eigenvalue weighted by Gasteiger charge is 2.33. The van der Waals surface area contributed by atoms with Crippen LogP contribution in [0.25, 0.3) is 0 Å². The van der Waals surface area contributed by atoms with Crippen molar-refractivity contribution in [1.29, 1.82) is 0 Å². The fraction of sp³-hybridized carbons (Fsp3) is 0.654. The lowest BCUT2D eigenvalue weighted by Gasteiger charge is -2.35. The number of nitrogens with one attached hydrogen (secondary N) is 3. The maximum atomic E-state index is 13.3. The van der Waals surface area contributed by atoms with E-state index in [1.165, 1.54) is 7.05 Å². The molecular formula is C26H43N5O6S. The van der Waals surface area contributed by atoms with Crippen molar-refractivity contribution in [2.24, 2.45) is 10.7 Å². The fourth-order valence-corrected chi connectivity index (χ4v) is 5.88. The average molecular weight is 554 g/mol. The third kappa shape index (κ3) is 7.99. The molecule has 5 N–H and O–H groups in total.